The molecule has 0 bridgehead atoms. The molecule has 1 saturated heterocycles. The molecule has 1 aliphatic rings. The van der Waals surface area contributed by atoms with E-state index in [-0.39, 0.29) is 5.69 Å². The Balaban J connectivity index is 2.03. The minimum atomic E-state index is -0.981. The van der Waals surface area contributed by atoms with E-state index in [0.29, 0.717) is 11.0 Å². The number of anilines is 1. The highest BCUT2D eigenvalue weighted by atomic mass is 32.1. The number of aromatic nitrogens is 1. The zero-order valence-electron chi connectivity index (χ0n) is 8.10. The van der Waals surface area contributed by atoms with Crippen LogP contribution < -0.4 is 5.32 Å². The molecule has 1 fully saturated rings. The van der Waals surface area contributed by atoms with Crippen LogP contribution in [0.3, 0.4) is 0 Å². The number of hydrogen-bond acceptors (Lipinski definition) is 5. The lowest BCUT2D eigenvalue weighted by Crippen LogP contribution is -2.28. The van der Waals surface area contributed by atoms with Crippen molar-refractivity contribution in [3.8, 4) is 0 Å². The van der Waals surface area contributed by atoms with Crippen molar-refractivity contribution in [2.24, 2.45) is 0 Å². The fraction of sp³-hybridized carbons (Fsp3) is 0.556. The van der Waals surface area contributed by atoms with E-state index in [1.807, 2.05) is 0 Å². The average Bonchev–Trinajstić information content (AvgIpc) is 2.67. The van der Waals surface area contributed by atoms with Crippen LogP contribution >= 0.6 is 11.3 Å². The molecule has 2 N–H and O–H groups in total. The molecule has 0 unspecified atom stereocenters. The number of aromatic carboxylic acids is 1. The Morgan fingerprint density at radius 2 is 2.33 bits per heavy atom. The maximum Gasteiger partial charge on any atom is 0.357 e. The second kappa shape index (κ2) is 4.59. The van der Waals surface area contributed by atoms with Gasteiger partial charge in [-0.1, -0.05) is 0 Å². The fourth-order valence-electron chi connectivity index (χ4n) is 1.53. The van der Waals surface area contributed by atoms with Crippen molar-refractivity contribution in [2.75, 3.05) is 18.5 Å². The minimum Gasteiger partial charge on any atom is -0.476 e. The second-order valence-electron chi connectivity index (χ2n) is 3.37. The summed E-state index contributed by atoms with van der Waals surface area (Å²) in [6.45, 7) is 1.47. The summed E-state index contributed by atoms with van der Waals surface area (Å²) in [5, 5.41) is 12.7. The van der Waals surface area contributed by atoms with Gasteiger partial charge in [-0.3, -0.25) is 0 Å². The molecule has 0 atom stereocenters. The molecule has 2 rings (SSSR count). The van der Waals surface area contributed by atoms with Crippen LogP contribution in [-0.2, 0) is 4.74 Å². The molecule has 15 heavy (non-hydrogen) atoms. The van der Waals surface area contributed by atoms with Crippen molar-refractivity contribution >= 4 is 22.3 Å². The summed E-state index contributed by atoms with van der Waals surface area (Å²) in [6.07, 6.45) is 1.83. The Bertz CT molecular complexity index is 347. The summed E-state index contributed by atoms with van der Waals surface area (Å²) >= 11 is 1.33. The van der Waals surface area contributed by atoms with E-state index in [1.54, 1.807) is 5.51 Å². The predicted octanol–water partition coefficient (Wildman–Crippen LogP) is 1.43. The Hall–Kier alpha value is -1.14. The van der Waals surface area contributed by atoms with Crippen molar-refractivity contribution < 1.29 is 14.6 Å². The van der Waals surface area contributed by atoms with Gasteiger partial charge >= 0.3 is 5.97 Å². The maximum atomic E-state index is 10.8. The van der Waals surface area contributed by atoms with E-state index >= 15 is 0 Å². The minimum absolute atomic E-state index is 0.117. The average molecular weight is 228 g/mol. The zero-order chi connectivity index (χ0) is 10.7. The standard InChI is InChI=1S/C9H12N2O3S/c12-9(13)7-8(15-5-10-7)11-6-1-3-14-4-2-6/h5-6,11H,1-4H2,(H,12,13). The van der Waals surface area contributed by atoms with Crippen LogP contribution in [0.25, 0.3) is 0 Å². The molecule has 0 aliphatic carbocycles. The molecule has 2 heterocycles. The normalized spacial score (nSPS) is 17.6. The van der Waals surface area contributed by atoms with Gasteiger partial charge in [-0.25, -0.2) is 9.78 Å². The number of ether oxygens (including phenoxy) is 1. The molecular formula is C9H12N2O3S. The fourth-order valence-corrected chi connectivity index (χ4v) is 2.28. The lowest BCUT2D eigenvalue weighted by atomic mass is 10.1. The summed E-state index contributed by atoms with van der Waals surface area (Å²) < 4.78 is 5.23. The first-order valence-electron chi connectivity index (χ1n) is 4.78. The van der Waals surface area contributed by atoms with Crippen molar-refractivity contribution in [3.63, 3.8) is 0 Å². The molecule has 1 aromatic rings. The van der Waals surface area contributed by atoms with E-state index in [0.717, 1.165) is 26.1 Å². The van der Waals surface area contributed by atoms with Crippen molar-refractivity contribution in [1.29, 1.82) is 0 Å². The highest BCUT2D eigenvalue weighted by Crippen LogP contribution is 2.23. The Kier molecular flexibility index (Phi) is 3.17. The van der Waals surface area contributed by atoms with Gasteiger partial charge < -0.3 is 15.2 Å². The quantitative estimate of drug-likeness (QED) is 0.819. The van der Waals surface area contributed by atoms with E-state index in [1.165, 1.54) is 11.3 Å². The van der Waals surface area contributed by atoms with Crippen LogP contribution in [0.15, 0.2) is 5.51 Å². The van der Waals surface area contributed by atoms with E-state index in [9.17, 15) is 4.79 Å². The Morgan fingerprint density at radius 3 is 3.00 bits per heavy atom. The number of hydrogen-bond donors (Lipinski definition) is 2. The van der Waals surface area contributed by atoms with Gasteiger partial charge in [0, 0.05) is 19.3 Å². The summed E-state index contributed by atoms with van der Waals surface area (Å²) in [7, 11) is 0. The first kappa shape index (κ1) is 10.4. The highest BCUT2D eigenvalue weighted by molar-refractivity contribution is 7.14. The molecule has 0 amide bonds. The van der Waals surface area contributed by atoms with E-state index in [2.05, 4.69) is 10.3 Å². The predicted molar refractivity (Wildman–Crippen MR) is 56.5 cm³/mol. The number of thiazole rings is 1. The Morgan fingerprint density at radius 1 is 1.60 bits per heavy atom. The van der Waals surface area contributed by atoms with Crippen LogP contribution in [0.1, 0.15) is 23.3 Å². The highest BCUT2D eigenvalue weighted by Gasteiger charge is 2.18. The number of carbonyl (C=O) groups is 1. The Labute approximate surface area is 91.1 Å². The largest absolute Gasteiger partial charge is 0.476 e. The third kappa shape index (κ3) is 2.45. The zero-order valence-corrected chi connectivity index (χ0v) is 8.92. The monoisotopic (exact) mass is 228 g/mol. The van der Waals surface area contributed by atoms with Crippen molar-refractivity contribution in [3.05, 3.63) is 11.2 Å². The molecule has 0 saturated carbocycles. The van der Waals surface area contributed by atoms with Gasteiger partial charge in [-0.2, -0.15) is 0 Å². The third-order valence-electron chi connectivity index (χ3n) is 2.33. The molecule has 1 aliphatic heterocycles. The maximum absolute atomic E-state index is 10.8. The molecule has 6 heteroatoms. The SMILES string of the molecule is O=C(O)c1ncsc1NC1CCOCC1. The van der Waals surface area contributed by atoms with Crippen molar-refractivity contribution in [2.45, 2.75) is 18.9 Å². The first-order valence-corrected chi connectivity index (χ1v) is 5.66. The van der Waals surface area contributed by atoms with Gasteiger partial charge in [-0.15, -0.1) is 11.3 Å². The van der Waals surface area contributed by atoms with Crippen LogP contribution in [-0.4, -0.2) is 35.3 Å². The molecule has 0 spiro atoms. The van der Waals surface area contributed by atoms with Gasteiger partial charge in [0.2, 0.25) is 0 Å². The van der Waals surface area contributed by atoms with Crippen LogP contribution in [0.4, 0.5) is 5.00 Å². The molecule has 82 valence electrons. The van der Waals surface area contributed by atoms with Gasteiger partial charge in [0.1, 0.15) is 5.00 Å². The third-order valence-corrected chi connectivity index (χ3v) is 3.08. The molecular weight excluding hydrogens is 216 g/mol. The second-order valence-corrected chi connectivity index (χ2v) is 4.22. The number of nitrogens with one attached hydrogen (secondary N) is 1. The summed E-state index contributed by atoms with van der Waals surface area (Å²) in [5.74, 6) is -0.981. The number of nitrogens with zero attached hydrogens (tertiary/aromatic N) is 1. The summed E-state index contributed by atoms with van der Waals surface area (Å²) in [6, 6.07) is 0.303. The van der Waals surface area contributed by atoms with Crippen LogP contribution in [0.5, 0.6) is 0 Å². The van der Waals surface area contributed by atoms with Crippen LogP contribution in [0.2, 0.25) is 0 Å². The molecule has 0 radical (unpaired) electrons. The van der Waals surface area contributed by atoms with Gasteiger partial charge in [0.05, 0.1) is 5.51 Å². The molecule has 0 aromatic carbocycles. The number of carboxylic acid groups (broad SMARTS) is 1. The smallest absolute Gasteiger partial charge is 0.357 e. The van der Waals surface area contributed by atoms with E-state index in [4.69, 9.17) is 9.84 Å². The number of rotatable bonds is 3. The van der Waals surface area contributed by atoms with Crippen LogP contribution in [0, 0.1) is 0 Å². The topological polar surface area (TPSA) is 71.5 Å². The molecule has 1 aromatic heterocycles. The van der Waals surface area contributed by atoms with Gasteiger partial charge in [0.25, 0.3) is 0 Å². The lowest BCUT2D eigenvalue weighted by Gasteiger charge is -2.23. The summed E-state index contributed by atoms with van der Waals surface area (Å²) in [5.41, 5.74) is 1.66. The molecule has 5 nitrogen and oxygen atoms in total. The first-order chi connectivity index (χ1) is 7.27. The van der Waals surface area contributed by atoms with Gasteiger partial charge in [0.15, 0.2) is 5.69 Å². The van der Waals surface area contributed by atoms with Gasteiger partial charge in [-0.05, 0) is 12.8 Å². The van der Waals surface area contributed by atoms with Crippen molar-refractivity contribution in [1.82, 2.24) is 4.98 Å². The lowest BCUT2D eigenvalue weighted by molar-refractivity contribution is 0.0692. The number of carboxylic acids is 1. The summed E-state index contributed by atoms with van der Waals surface area (Å²) in [4.78, 5) is 14.6. The van der Waals surface area contributed by atoms with E-state index < -0.39 is 5.97 Å².